The average molecular weight is 128 g/mol. The summed E-state index contributed by atoms with van der Waals surface area (Å²) < 4.78 is 0. The summed E-state index contributed by atoms with van der Waals surface area (Å²) in [7, 11) is 0. The summed E-state index contributed by atoms with van der Waals surface area (Å²) in [5.74, 6) is 0.616. The molecule has 0 unspecified atom stereocenters. The molecule has 0 amide bonds. The van der Waals surface area contributed by atoms with E-state index in [1.807, 2.05) is 0 Å². The molecule has 2 saturated carbocycles. The Balaban J connectivity index is 2.22. The van der Waals surface area contributed by atoms with Crippen molar-refractivity contribution in [3.63, 3.8) is 0 Å². The highest BCUT2D eigenvalue weighted by Gasteiger charge is 2.50. The first kappa shape index (κ1) is 5.69. The van der Waals surface area contributed by atoms with Gasteiger partial charge in [-0.3, -0.25) is 0 Å². The van der Waals surface area contributed by atoms with Gasteiger partial charge in [0.15, 0.2) is 0 Å². The maximum Gasteiger partial charge on any atom is 0.0908 e. The van der Waals surface area contributed by atoms with Gasteiger partial charge in [0.05, 0.1) is 11.7 Å². The molecule has 2 N–H and O–H groups in total. The lowest BCUT2D eigenvalue weighted by atomic mass is 9.94. The molecular formula is C7H12O2. The van der Waals surface area contributed by atoms with Crippen LogP contribution in [-0.2, 0) is 0 Å². The number of hydrogen-bond donors (Lipinski definition) is 2. The minimum absolute atomic E-state index is 0.420. The molecule has 0 heterocycles. The van der Waals surface area contributed by atoms with Crippen molar-refractivity contribution in [3.8, 4) is 0 Å². The topological polar surface area (TPSA) is 40.5 Å². The molecule has 0 spiro atoms. The Labute approximate surface area is 54.5 Å². The number of aliphatic hydroxyl groups excluding tert-OH is 1. The van der Waals surface area contributed by atoms with Crippen LogP contribution in [0, 0.1) is 5.92 Å². The number of hydrogen-bond acceptors (Lipinski definition) is 2. The second kappa shape index (κ2) is 1.50. The van der Waals surface area contributed by atoms with Gasteiger partial charge in [0.25, 0.3) is 0 Å². The molecule has 2 bridgehead atoms. The second-order valence-corrected chi connectivity index (χ2v) is 3.46. The van der Waals surface area contributed by atoms with Crippen molar-refractivity contribution < 1.29 is 10.2 Å². The van der Waals surface area contributed by atoms with Crippen LogP contribution in [0.25, 0.3) is 0 Å². The Kier molecular flexibility index (Phi) is 0.945. The Hall–Kier alpha value is -0.0800. The summed E-state index contributed by atoms with van der Waals surface area (Å²) in [5.41, 5.74) is -0.676. The van der Waals surface area contributed by atoms with Crippen molar-refractivity contribution >= 4 is 0 Å². The van der Waals surface area contributed by atoms with E-state index in [0.29, 0.717) is 5.92 Å². The summed E-state index contributed by atoms with van der Waals surface area (Å²) in [6.45, 7) is 0. The summed E-state index contributed by atoms with van der Waals surface area (Å²) in [4.78, 5) is 0. The molecule has 0 radical (unpaired) electrons. The van der Waals surface area contributed by atoms with E-state index in [1.165, 1.54) is 0 Å². The maximum absolute atomic E-state index is 9.56. The van der Waals surface area contributed by atoms with E-state index in [4.69, 9.17) is 0 Å². The van der Waals surface area contributed by atoms with Crippen LogP contribution in [0.5, 0.6) is 0 Å². The van der Waals surface area contributed by atoms with E-state index in [9.17, 15) is 10.2 Å². The van der Waals surface area contributed by atoms with Crippen LogP contribution in [0.15, 0.2) is 0 Å². The van der Waals surface area contributed by atoms with Crippen LogP contribution in [0.1, 0.15) is 25.7 Å². The van der Waals surface area contributed by atoms with Gasteiger partial charge < -0.3 is 10.2 Å². The number of aliphatic hydroxyl groups is 2. The Morgan fingerprint density at radius 1 is 1.44 bits per heavy atom. The molecule has 3 atom stereocenters. The third-order valence-electron chi connectivity index (χ3n) is 2.80. The van der Waals surface area contributed by atoms with E-state index in [-0.39, 0.29) is 0 Å². The molecular weight excluding hydrogens is 116 g/mol. The fourth-order valence-corrected chi connectivity index (χ4v) is 2.20. The van der Waals surface area contributed by atoms with Crippen molar-refractivity contribution in [3.05, 3.63) is 0 Å². The van der Waals surface area contributed by atoms with Crippen LogP contribution < -0.4 is 0 Å². The average Bonchev–Trinajstić information content (AvgIpc) is 2.22. The van der Waals surface area contributed by atoms with Crippen molar-refractivity contribution in [2.75, 3.05) is 0 Å². The van der Waals surface area contributed by atoms with Crippen molar-refractivity contribution in [1.82, 2.24) is 0 Å². The lowest BCUT2D eigenvalue weighted by Crippen LogP contribution is -2.36. The predicted octanol–water partition coefficient (Wildman–Crippen LogP) is 0.282. The van der Waals surface area contributed by atoms with Gasteiger partial charge in [-0.15, -0.1) is 0 Å². The molecule has 2 rings (SSSR count). The van der Waals surface area contributed by atoms with E-state index in [1.54, 1.807) is 0 Å². The van der Waals surface area contributed by atoms with Crippen LogP contribution in [0.2, 0.25) is 0 Å². The fourth-order valence-electron chi connectivity index (χ4n) is 2.20. The van der Waals surface area contributed by atoms with Crippen LogP contribution in [-0.4, -0.2) is 21.9 Å². The van der Waals surface area contributed by atoms with Gasteiger partial charge in [-0.25, -0.2) is 0 Å². The van der Waals surface area contributed by atoms with E-state index >= 15 is 0 Å². The fraction of sp³-hybridized carbons (Fsp3) is 1.00. The summed E-state index contributed by atoms with van der Waals surface area (Å²) >= 11 is 0. The monoisotopic (exact) mass is 128 g/mol. The molecule has 0 aromatic heterocycles. The smallest absolute Gasteiger partial charge is 0.0908 e. The number of rotatable bonds is 0. The third-order valence-corrected chi connectivity index (χ3v) is 2.80. The van der Waals surface area contributed by atoms with Gasteiger partial charge >= 0.3 is 0 Å². The summed E-state index contributed by atoms with van der Waals surface area (Å²) in [5, 5.41) is 18.8. The van der Waals surface area contributed by atoms with Crippen LogP contribution in [0.3, 0.4) is 0 Å². The zero-order chi connectivity index (χ0) is 6.48. The minimum atomic E-state index is -0.676. The number of fused-ring (bicyclic) bond motifs is 2. The SMILES string of the molecule is O[C@@H]1C[C@H]2CC[C@@]1(O)C2. The van der Waals surface area contributed by atoms with Gasteiger partial charge in [0.1, 0.15) is 0 Å². The maximum atomic E-state index is 9.56. The van der Waals surface area contributed by atoms with Crippen molar-refractivity contribution in [2.24, 2.45) is 5.92 Å². The molecule has 0 aliphatic heterocycles. The van der Waals surface area contributed by atoms with Crippen molar-refractivity contribution in [2.45, 2.75) is 37.4 Å². The Morgan fingerprint density at radius 2 is 2.22 bits per heavy atom. The van der Waals surface area contributed by atoms with E-state index < -0.39 is 11.7 Å². The highest BCUT2D eigenvalue weighted by atomic mass is 16.3. The van der Waals surface area contributed by atoms with Crippen molar-refractivity contribution in [1.29, 1.82) is 0 Å². The molecule has 2 nitrogen and oxygen atoms in total. The molecule has 9 heavy (non-hydrogen) atoms. The first-order valence-corrected chi connectivity index (χ1v) is 3.61. The molecule has 2 aliphatic carbocycles. The first-order valence-electron chi connectivity index (χ1n) is 3.61. The molecule has 0 saturated heterocycles. The summed E-state index contributed by atoms with van der Waals surface area (Å²) in [6.07, 6.45) is 3.19. The minimum Gasteiger partial charge on any atom is -0.390 e. The Bertz CT molecular complexity index is 135. The van der Waals surface area contributed by atoms with Gasteiger partial charge in [-0.2, -0.15) is 0 Å². The van der Waals surface area contributed by atoms with E-state index in [2.05, 4.69) is 0 Å². The lowest BCUT2D eigenvalue weighted by molar-refractivity contribution is -0.0561. The van der Waals surface area contributed by atoms with Gasteiger partial charge in [0.2, 0.25) is 0 Å². The van der Waals surface area contributed by atoms with Gasteiger partial charge in [0, 0.05) is 0 Å². The quantitative estimate of drug-likeness (QED) is 0.492. The Morgan fingerprint density at radius 3 is 2.44 bits per heavy atom. The zero-order valence-electron chi connectivity index (χ0n) is 5.38. The van der Waals surface area contributed by atoms with Gasteiger partial charge in [-0.1, -0.05) is 0 Å². The molecule has 52 valence electrons. The predicted molar refractivity (Wildman–Crippen MR) is 32.9 cm³/mol. The molecule has 2 aliphatic rings. The third kappa shape index (κ3) is 0.634. The lowest BCUT2D eigenvalue weighted by Gasteiger charge is -2.24. The highest BCUT2D eigenvalue weighted by Crippen LogP contribution is 2.47. The zero-order valence-corrected chi connectivity index (χ0v) is 5.38. The molecule has 2 heteroatoms. The second-order valence-electron chi connectivity index (χ2n) is 3.46. The molecule has 0 aromatic carbocycles. The molecule has 0 aromatic rings. The largest absolute Gasteiger partial charge is 0.390 e. The van der Waals surface area contributed by atoms with Crippen LogP contribution >= 0.6 is 0 Å². The summed E-state index contributed by atoms with van der Waals surface area (Å²) in [6, 6.07) is 0. The van der Waals surface area contributed by atoms with E-state index in [0.717, 1.165) is 25.7 Å². The first-order chi connectivity index (χ1) is 4.21. The van der Waals surface area contributed by atoms with Gasteiger partial charge in [-0.05, 0) is 31.6 Å². The normalized spacial score (nSPS) is 56.7. The molecule has 2 fully saturated rings. The highest BCUT2D eigenvalue weighted by molar-refractivity contribution is 5.02. The standard InChI is InChI=1S/C7H12O2/c8-6-3-5-1-2-7(6,9)4-5/h5-6,8-9H,1-4H2/t5-,6-,7-/m1/s1. The van der Waals surface area contributed by atoms with Crippen LogP contribution in [0.4, 0.5) is 0 Å².